The number of anilines is 1. The quantitative estimate of drug-likeness (QED) is 0.702. The van der Waals surface area contributed by atoms with E-state index in [1.165, 1.54) is 5.56 Å². The van der Waals surface area contributed by atoms with Crippen molar-refractivity contribution in [2.24, 2.45) is 0 Å². The van der Waals surface area contributed by atoms with E-state index in [4.69, 9.17) is 9.72 Å². The number of nitrogens with zero attached hydrogens (tertiary/aromatic N) is 3. The van der Waals surface area contributed by atoms with E-state index in [1.807, 2.05) is 18.2 Å². The summed E-state index contributed by atoms with van der Waals surface area (Å²) in [5.74, 6) is 1.76. The molecule has 4 rings (SSSR count). The minimum absolute atomic E-state index is 0.538. The Bertz CT molecular complexity index is 891. The normalized spacial score (nSPS) is 16.5. The molecule has 0 amide bonds. The van der Waals surface area contributed by atoms with Gasteiger partial charge in [-0.05, 0) is 17.0 Å². The van der Waals surface area contributed by atoms with E-state index in [0.29, 0.717) is 39.1 Å². The molecule has 0 unspecified atom stereocenters. The SMILES string of the molecule is CCc1nc(N(Cc2ccccc2)CC2(O)CCOCC2)c2ccsc2n1. The summed E-state index contributed by atoms with van der Waals surface area (Å²) in [7, 11) is 0. The second-order valence-corrected chi connectivity index (χ2v) is 8.03. The van der Waals surface area contributed by atoms with Crippen LogP contribution in [-0.2, 0) is 17.7 Å². The van der Waals surface area contributed by atoms with E-state index in [0.717, 1.165) is 28.3 Å². The second-order valence-electron chi connectivity index (χ2n) is 7.13. The van der Waals surface area contributed by atoms with E-state index >= 15 is 0 Å². The first-order valence-corrected chi connectivity index (χ1v) is 10.4. The highest BCUT2D eigenvalue weighted by molar-refractivity contribution is 7.16. The van der Waals surface area contributed by atoms with E-state index < -0.39 is 5.60 Å². The van der Waals surface area contributed by atoms with Crippen molar-refractivity contribution in [1.29, 1.82) is 0 Å². The molecule has 1 aliphatic rings. The Morgan fingerprint density at radius 1 is 1.15 bits per heavy atom. The van der Waals surface area contributed by atoms with Crippen LogP contribution in [0.25, 0.3) is 10.2 Å². The molecule has 0 atom stereocenters. The van der Waals surface area contributed by atoms with E-state index in [-0.39, 0.29) is 0 Å². The number of hydrogen-bond acceptors (Lipinski definition) is 6. The zero-order valence-corrected chi connectivity index (χ0v) is 16.4. The molecule has 1 N–H and O–H groups in total. The van der Waals surface area contributed by atoms with Gasteiger partial charge in [-0.1, -0.05) is 37.3 Å². The van der Waals surface area contributed by atoms with Gasteiger partial charge in [0.25, 0.3) is 0 Å². The van der Waals surface area contributed by atoms with Crippen molar-refractivity contribution in [3.63, 3.8) is 0 Å². The van der Waals surface area contributed by atoms with Gasteiger partial charge in [0.15, 0.2) is 0 Å². The molecule has 0 radical (unpaired) electrons. The van der Waals surface area contributed by atoms with Crippen LogP contribution in [0.5, 0.6) is 0 Å². The molecule has 1 fully saturated rings. The zero-order valence-electron chi connectivity index (χ0n) is 15.6. The largest absolute Gasteiger partial charge is 0.388 e. The molecule has 5 nitrogen and oxygen atoms in total. The Balaban J connectivity index is 1.74. The Kier molecular flexibility index (Phi) is 5.38. The van der Waals surface area contributed by atoms with Crippen LogP contribution < -0.4 is 4.90 Å². The average molecular weight is 384 g/mol. The van der Waals surface area contributed by atoms with Gasteiger partial charge in [-0.25, -0.2) is 9.97 Å². The molecule has 3 aromatic rings. The minimum atomic E-state index is -0.757. The topological polar surface area (TPSA) is 58.5 Å². The van der Waals surface area contributed by atoms with Gasteiger partial charge in [-0.3, -0.25) is 0 Å². The molecule has 1 saturated heterocycles. The van der Waals surface area contributed by atoms with Gasteiger partial charge >= 0.3 is 0 Å². The number of aromatic nitrogens is 2. The molecule has 142 valence electrons. The Hall–Kier alpha value is -2.02. The summed E-state index contributed by atoms with van der Waals surface area (Å²) in [4.78, 5) is 12.8. The number of hydrogen-bond donors (Lipinski definition) is 1. The van der Waals surface area contributed by atoms with Gasteiger partial charge in [-0.15, -0.1) is 11.3 Å². The van der Waals surface area contributed by atoms with Crippen molar-refractivity contribution < 1.29 is 9.84 Å². The van der Waals surface area contributed by atoms with Crippen LogP contribution in [0.1, 0.15) is 31.2 Å². The monoisotopic (exact) mass is 383 g/mol. The first kappa shape index (κ1) is 18.3. The summed E-state index contributed by atoms with van der Waals surface area (Å²) in [5, 5.41) is 14.3. The van der Waals surface area contributed by atoms with E-state index in [9.17, 15) is 5.11 Å². The zero-order chi connectivity index (χ0) is 18.7. The number of aliphatic hydroxyl groups is 1. The maximum absolute atomic E-state index is 11.2. The summed E-state index contributed by atoms with van der Waals surface area (Å²) in [6.45, 7) is 4.53. The van der Waals surface area contributed by atoms with E-state index in [1.54, 1.807) is 11.3 Å². The van der Waals surface area contributed by atoms with Crippen LogP contribution in [0.2, 0.25) is 0 Å². The molecule has 1 aromatic carbocycles. The number of fused-ring (bicyclic) bond motifs is 1. The highest BCUT2D eigenvalue weighted by Gasteiger charge is 2.33. The van der Waals surface area contributed by atoms with Crippen molar-refractivity contribution >= 4 is 27.4 Å². The lowest BCUT2D eigenvalue weighted by molar-refractivity contribution is -0.0580. The van der Waals surface area contributed by atoms with Gasteiger partial charge < -0.3 is 14.7 Å². The van der Waals surface area contributed by atoms with Crippen molar-refractivity contribution in [1.82, 2.24) is 9.97 Å². The summed E-state index contributed by atoms with van der Waals surface area (Å²) in [6.07, 6.45) is 2.09. The number of benzene rings is 1. The lowest BCUT2D eigenvalue weighted by Gasteiger charge is -2.37. The highest BCUT2D eigenvalue weighted by Crippen LogP contribution is 2.32. The van der Waals surface area contributed by atoms with Crippen molar-refractivity contribution in [3.8, 4) is 0 Å². The summed E-state index contributed by atoms with van der Waals surface area (Å²) >= 11 is 1.64. The Morgan fingerprint density at radius 2 is 1.93 bits per heavy atom. The minimum Gasteiger partial charge on any atom is -0.388 e. The predicted octanol–water partition coefficient (Wildman–Crippen LogP) is 3.80. The lowest BCUT2D eigenvalue weighted by Crippen LogP contribution is -2.47. The third-order valence-corrected chi connectivity index (χ3v) is 5.90. The molecule has 1 aliphatic heterocycles. The fourth-order valence-electron chi connectivity index (χ4n) is 3.56. The van der Waals surface area contributed by atoms with Crippen LogP contribution >= 0.6 is 11.3 Å². The van der Waals surface area contributed by atoms with Crippen LogP contribution in [0.3, 0.4) is 0 Å². The molecular formula is C21H25N3O2S. The third kappa shape index (κ3) is 4.13. The smallest absolute Gasteiger partial charge is 0.141 e. The van der Waals surface area contributed by atoms with Gasteiger partial charge in [0, 0.05) is 45.6 Å². The summed E-state index contributed by atoms with van der Waals surface area (Å²) in [5.41, 5.74) is 0.445. The lowest BCUT2D eigenvalue weighted by atomic mass is 9.93. The molecule has 2 aromatic heterocycles. The standard InChI is InChI=1S/C21H25N3O2S/c1-2-18-22-19(17-8-13-27-20(17)23-18)24(14-16-6-4-3-5-7-16)15-21(25)9-11-26-12-10-21/h3-8,13,25H,2,9-12,14-15H2,1H3. The molecule has 27 heavy (non-hydrogen) atoms. The summed E-state index contributed by atoms with van der Waals surface area (Å²) < 4.78 is 5.46. The van der Waals surface area contributed by atoms with Gasteiger partial charge in [-0.2, -0.15) is 0 Å². The first-order valence-electron chi connectivity index (χ1n) is 9.50. The molecule has 0 saturated carbocycles. The van der Waals surface area contributed by atoms with Crippen LogP contribution in [0, 0.1) is 0 Å². The number of ether oxygens (including phenoxy) is 1. The maximum Gasteiger partial charge on any atom is 0.141 e. The second kappa shape index (κ2) is 7.92. The van der Waals surface area contributed by atoms with Gasteiger partial charge in [0.05, 0.1) is 11.0 Å². The van der Waals surface area contributed by atoms with Crippen LogP contribution in [0.15, 0.2) is 41.8 Å². The molecule has 6 heteroatoms. The highest BCUT2D eigenvalue weighted by atomic mass is 32.1. The maximum atomic E-state index is 11.2. The Morgan fingerprint density at radius 3 is 2.67 bits per heavy atom. The van der Waals surface area contributed by atoms with Crippen molar-refractivity contribution in [3.05, 3.63) is 53.2 Å². The molecule has 0 bridgehead atoms. The molecule has 0 aliphatic carbocycles. The molecule has 3 heterocycles. The number of aryl methyl sites for hydroxylation is 1. The Labute approximate surface area is 163 Å². The molecular weight excluding hydrogens is 358 g/mol. The fourth-order valence-corrected chi connectivity index (χ4v) is 4.33. The summed E-state index contributed by atoms with van der Waals surface area (Å²) in [6, 6.07) is 12.4. The number of rotatable bonds is 6. The van der Waals surface area contributed by atoms with Crippen molar-refractivity contribution in [2.75, 3.05) is 24.7 Å². The fraction of sp³-hybridized carbons (Fsp3) is 0.429. The third-order valence-electron chi connectivity index (χ3n) is 5.09. The number of thiophene rings is 1. The van der Waals surface area contributed by atoms with Gasteiger partial charge in [0.2, 0.25) is 0 Å². The van der Waals surface area contributed by atoms with Crippen molar-refractivity contribution in [2.45, 2.75) is 38.3 Å². The average Bonchev–Trinajstić information content (AvgIpc) is 3.16. The molecule has 0 spiro atoms. The van der Waals surface area contributed by atoms with Gasteiger partial charge in [0.1, 0.15) is 16.5 Å². The van der Waals surface area contributed by atoms with Crippen LogP contribution in [0.4, 0.5) is 5.82 Å². The predicted molar refractivity (Wildman–Crippen MR) is 109 cm³/mol. The first-order chi connectivity index (χ1) is 13.2. The van der Waals surface area contributed by atoms with E-state index in [2.05, 4.69) is 40.4 Å². The van der Waals surface area contributed by atoms with Crippen LogP contribution in [-0.4, -0.2) is 40.4 Å².